The van der Waals surface area contributed by atoms with Gasteiger partial charge in [0.15, 0.2) is 0 Å². The molecule has 5 rings (SSSR count). The highest BCUT2D eigenvalue weighted by Crippen LogP contribution is 2.32. The zero-order valence-electron chi connectivity index (χ0n) is 25.4. The van der Waals surface area contributed by atoms with Crippen LogP contribution in [-0.2, 0) is 19.4 Å². The number of rotatable bonds is 12. The minimum atomic E-state index is -0.405. The Morgan fingerprint density at radius 3 is 2.63 bits per heavy atom. The normalized spacial score (nSPS) is 16.9. The highest BCUT2D eigenvalue weighted by Gasteiger charge is 2.26. The first-order valence-electron chi connectivity index (χ1n) is 15.6. The number of halogens is 2. The van der Waals surface area contributed by atoms with E-state index in [0.717, 1.165) is 51.0 Å². The van der Waals surface area contributed by atoms with Crippen LogP contribution in [0.1, 0.15) is 80.2 Å². The number of hydrogen-bond donors (Lipinski definition) is 1. The first kappa shape index (κ1) is 30.5. The van der Waals surface area contributed by atoms with Gasteiger partial charge in [0.25, 0.3) is 5.91 Å². The second-order valence-corrected chi connectivity index (χ2v) is 11.6. The molecule has 1 aliphatic heterocycles. The summed E-state index contributed by atoms with van der Waals surface area (Å²) in [5.41, 5.74) is 3.98. The molecule has 0 aliphatic carbocycles. The number of pyridine rings is 1. The van der Waals surface area contributed by atoms with Crippen LogP contribution in [0.5, 0.6) is 5.75 Å². The number of piperidine rings is 1. The van der Waals surface area contributed by atoms with Crippen LogP contribution < -0.4 is 15.0 Å². The van der Waals surface area contributed by atoms with Gasteiger partial charge in [-0.2, -0.15) is 0 Å². The zero-order chi connectivity index (χ0) is 30.3. The van der Waals surface area contributed by atoms with Gasteiger partial charge in [-0.05, 0) is 98.9 Å². The molecule has 0 bridgehead atoms. The van der Waals surface area contributed by atoms with Gasteiger partial charge < -0.3 is 15.0 Å². The molecule has 0 radical (unpaired) electrons. The molecule has 1 N–H and O–H groups in total. The first-order valence-corrected chi connectivity index (χ1v) is 15.6. The van der Waals surface area contributed by atoms with Crippen LogP contribution in [0.25, 0.3) is 5.65 Å². The number of imidazole rings is 1. The second kappa shape index (κ2) is 14.0. The molecule has 43 heavy (non-hydrogen) atoms. The number of anilines is 1. The number of nitrogens with one attached hydrogen (secondary N) is 1. The monoisotopic (exact) mass is 588 g/mol. The van der Waals surface area contributed by atoms with E-state index in [4.69, 9.17) is 4.74 Å². The number of hydrogen-bond acceptors (Lipinski definition) is 4. The lowest BCUT2D eigenvalue weighted by Gasteiger charge is -2.39. The summed E-state index contributed by atoms with van der Waals surface area (Å²) >= 11 is 0. The number of fused-ring (bicyclic) bond motifs is 1. The highest BCUT2D eigenvalue weighted by molar-refractivity contribution is 5.94. The SMILES string of the molecule is CCCCOc1ccc(N2CCC(CCc3ccc(CNC(=O)c4c(CC)nc5cc(F)ccn45)cc3F)C[C@@H]2C)cc1. The fraction of sp³-hybridized carbons (Fsp3) is 0.429. The van der Waals surface area contributed by atoms with Crippen molar-refractivity contribution in [2.45, 2.75) is 78.3 Å². The van der Waals surface area contributed by atoms with Crippen molar-refractivity contribution < 1.29 is 18.3 Å². The van der Waals surface area contributed by atoms with Crippen molar-refractivity contribution in [1.82, 2.24) is 14.7 Å². The number of amides is 1. The van der Waals surface area contributed by atoms with E-state index in [-0.39, 0.29) is 18.3 Å². The summed E-state index contributed by atoms with van der Waals surface area (Å²) in [5, 5.41) is 2.88. The lowest BCUT2D eigenvalue weighted by Crippen LogP contribution is -2.41. The zero-order valence-corrected chi connectivity index (χ0v) is 25.4. The molecule has 8 heteroatoms. The topological polar surface area (TPSA) is 58.9 Å². The number of ether oxygens (including phenoxy) is 1. The van der Waals surface area contributed by atoms with E-state index in [1.807, 2.05) is 19.1 Å². The van der Waals surface area contributed by atoms with Gasteiger partial charge in [-0.15, -0.1) is 0 Å². The van der Waals surface area contributed by atoms with Crippen LogP contribution in [0, 0.1) is 17.6 Å². The van der Waals surface area contributed by atoms with Gasteiger partial charge in [-0.1, -0.05) is 32.4 Å². The number of nitrogens with zero attached hydrogens (tertiary/aromatic N) is 3. The minimum absolute atomic E-state index is 0.190. The third-order valence-corrected chi connectivity index (χ3v) is 8.52. The van der Waals surface area contributed by atoms with Gasteiger partial charge in [0.1, 0.15) is 28.7 Å². The van der Waals surface area contributed by atoms with Crippen molar-refractivity contribution in [3.63, 3.8) is 0 Å². The first-order chi connectivity index (χ1) is 20.9. The van der Waals surface area contributed by atoms with E-state index in [1.165, 1.54) is 30.1 Å². The maximum Gasteiger partial charge on any atom is 0.270 e. The van der Waals surface area contributed by atoms with Crippen LogP contribution in [0.4, 0.5) is 14.5 Å². The van der Waals surface area contributed by atoms with Gasteiger partial charge in [0.05, 0.1) is 12.3 Å². The number of benzene rings is 2. The van der Waals surface area contributed by atoms with E-state index in [0.29, 0.717) is 53.0 Å². The molecular formula is C35H42F2N4O2. The van der Waals surface area contributed by atoms with Gasteiger partial charge >= 0.3 is 0 Å². The molecule has 6 nitrogen and oxygen atoms in total. The second-order valence-electron chi connectivity index (χ2n) is 11.6. The van der Waals surface area contributed by atoms with Gasteiger partial charge in [-0.3, -0.25) is 9.20 Å². The molecule has 3 heterocycles. The predicted molar refractivity (Wildman–Crippen MR) is 167 cm³/mol. The average molecular weight is 589 g/mol. The molecule has 1 amide bonds. The fourth-order valence-electron chi connectivity index (χ4n) is 6.07. The molecule has 0 saturated carbocycles. The van der Waals surface area contributed by atoms with E-state index < -0.39 is 5.82 Å². The standard InChI is InChI=1S/C35H42F2N4O2/c1-4-6-19-43-30-13-11-29(12-14-30)40-17-15-25(20-24(40)3)7-9-27-10-8-26(21-31(27)37)23-38-35(42)34-32(5-2)39-33-22-28(36)16-18-41(33)34/h8,10-14,16,18,21-22,24-25H,4-7,9,15,17,19-20,23H2,1-3H3,(H,38,42)/t24-,25?/m0/s1. The van der Waals surface area contributed by atoms with E-state index >= 15 is 4.39 Å². The quantitative estimate of drug-likeness (QED) is 0.174. The Kier molecular flexibility index (Phi) is 9.95. The average Bonchev–Trinajstić information content (AvgIpc) is 3.38. The summed E-state index contributed by atoms with van der Waals surface area (Å²) < 4.78 is 36.1. The maximum absolute atomic E-state index is 15.1. The molecule has 2 aromatic heterocycles. The van der Waals surface area contributed by atoms with Gasteiger partial charge in [0, 0.05) is 37.1 Å². The Bertz CT molecular complexity index is 1540. The Morgan fingerprint density at radius 1 is 1.09 bits per heavy atom. The number of aryl methyl sites for hydroxylation is 2. The van der Waals surface area contributed by atoms with Crippen molar-refractivity contribution in [2.75, 3.05) is 18.1 Å². The molecule has 1 aliphatic rings. The molecule has 1 saturated heterocycles. The minimum Gasteiger partial charge on any atom is -0.494 e. The van der Waals surface area contributed by atoms with E-state index in [9.17, 15) is 9.18 Å². The summed E-state index contributed by atoms with van der Waals surface area (Å²) in [4.78, 5) is 19.9. The van der Waals surface area contributed by atoms with Crippen molar-refractivity contribution in [1.29, 1.82) is 0 Å². The number of unbranched alkanes of at least 4 members (excludes halogenated alkanes) is 1. The van der Waals surface area contributed by atoms with Crippen LogP contribution in [0.2, 0.25) is 0 Å². The summed E-state index contributed by atoms with van der Waals surface area (Å²) in [5.74, 6) is 0.505. The summed E-state index contributed by atoms with van der Waals surface area (Å²) in [7, 11) is 0. The Morgan fingerprint density at radius 2 is 1.91 bits per heavy atom. The Balaban J connectivity index is 1.11. The fourth-order valence-corrected chi connectivity index (χ4v) is 6.07. The van der Waals surface area contributed by atoms with E-state index in [1.54, 1.807) is 4.40 Å². The van der Waals surface area contributed by atoms with Crippen LogP contribution >= 0.6 is 0 Å². The van der Waals surface area contributed by atoms with Crippen molar-refractivity contribution in [3.05, 3.63) is 94.9 Å². The van der Waals surface area contributed by atoms with Crippen molar-refractivity contribution in [3.8, 4) is 5.75 Å². The third kappa shape index (κ3) is 7.35. The molecule has 2 aromatic carbocycles. The van der Waals surface area contributed by atoms with Gasteiger partial charge in [0.2, 0.25) is 0 Å². The number of carbonyl (C=O) groups is 1. The maximum atomic E-state index is 15.1. The van der Waals surface area contributed by atoms with Crippen LogP contribution in [-0.4, -0.2) is 34.5 Å². The molecule has 4 aromatic rings. The van der Waals surface area contributed by atoms with Crippen molar-refractivity contribution in [2.24, 2.45) is 5.92 Å². The Labute approximate surface area is 253 Å². The lowest BCUT2D eigenvalue weighted by atomic mass is 9.86. The largest absolute Gasteiger partial charge is 0.494 e. The van der Waals surface area contributed by atoms with Crippen LogP contribution in [0.3, 0.4) is 0 Å². The summed E-state index contributed by atoms with van der Waals surface area (Å²) in [6, 6.07) is 16.7. The number of aromatic nitrogens is 2. The summed E-state index contributed by atoms with van der Waals surface area (Å²) in [6.07, 6.45) is 8.04. The van der Waals surface area contributed by atoms with Crippen molar-refractivity contribution >= 4 is 17.2 Å². The molecule has 1 fully saturated rings. The molecule has 1 unspecified atom stereocenters. The van der Waals surface area contributed by atoms with Crippen LogP contribution in [0.15, 0.2) is 60.8 Å². The predicted octanol–water partition coefficient (Wildman–Crippen LogP) is 7.52. The van der Waals surface area contributed by atoms with E-state index in [2.05, 4.69) is 53.3 Å². The third-order valence-electron chi connectivity index (χ3n) is 8.52. The lowest BCUT2D eigenvalue weighted by molar-refractivity contribution is 0.0944. The Hall–Kier alpha value is -3.94. The van der Waals surface area contributed by atoms with Gasteiger partial charge in [-0.25, -0.2) is 13.8 Å². The highest BCUT2D eigenvalue weighted by atomic mass is 19.1. The smallest absolute Gasteiger partial charge is 0.270 e. The molecule has 228 valence electrons. The summed E-state index contributed by atoms with van der Waals surface area (Å²) in [6.45, 7) is 8.27. The molecule has 2 atom stereocenters. The number of carbonyl (C=O) groups excluding carboxylic acids is 1. The molecular weight excluding hydrogens is 546 g/mol. The molecule has 0 spiro atoms.